The minimum atomic E-state index is -0.468. The summed E-state index contributed by atoms with van der Waals surface area (Å²) in [6, 6.07) is 4.05. The molecule has 2 aliphatic rings. The summed E-state index contributed by atoms with van der Waals surface area (Å²) >= 11 is 0. The molecule has 0 aliphatic carbocycles. The second-order valence-corrected chi connectivity index (χ2v) is 7.81. The minimum Gasteiger partial charge on any atom is -0.494 e. The highest BCUT2D eigenvalue weighted by molar-refractivity contribution is 6.35. The second-order valence-electron chi connectivity index (χ2n) is 7.81. The van der Waals surface area contributed by atoms with Crippen LogP contribution in [0.3, 0.4) is 0 Å². The number of ether oxygens (including phenoxy) is 5. The lowest BCUT2D eigenvalue weighted by Gasteiger charge is -2.23. The standard InChI is InChI=1S/C24H28FN3O7/c1-31-21-19(14-17-16-13-15(25)3-4-18(16)26-22(17)29)27-23(32-2)20(21)24(30)28-5-7-33-9-11-35-12-10-34-8-6-28/h3-4,13-14,27H,5-12H2,1-2H3,(H,26,29)/b17-14-. The van der Waals surface area contributed by atoms with Crippen LogP contribution < -0.4 is 14.8 Å². The molecule has 1 fully saturated rings. The molecule has 188 valence electrons. The lowest BCUT2D eigenvalue weighted by atomic mass is 10.1. The summed E-state index contributed by atoms with van der Waals surface area (Å²) in [4.78, 5) is 30.8. The molecular weight excluding hydrogens is 461 g/mol. The van der Waals surface area contributed by atoms with Gasteiger partial charge in [-0.15, -0.1) is 0 Å². The van der Waals surface area contributed by atoms with Crippen LogP contribution in [0.25, 0.3) is 11.6 Å². The third-order valence-corrected chi connectivity index (χ3v) is 5.66. The van der Waals surface area contributed by atoms with Crippen LogP contribution in [0.2, 0.25) is 0 Å². The number of aromatic amines is 1. The molecule has 2 aromatic rings. The van der Waals surface area contributed by atoms with Crippen LogP contribution in [-0.4, -0.2) is 88.6 Å². The fourth-order valence-electron chi connectivity index (χ4n) is 3.95. The highest BCUT2D eigenvalue weighted by Gasteiger charge is 2.31. The molecule has 2 amide bonds. The average molecular weight is 490 g/mol. The molecule has 11 heteroatoms. The van der Waals surface area contributed by atoms with E-state index >= 15 is 0 Å². The number of methoxy groups -OCH3 is 2. The van der Waals surface area contributed by atoms with Gasteiger partial charge in [-0.3, -0.25) is 9.59 Å². The maximum absolute atomic E-state index is 13.8. The topological polar surface area (TPSA) is 111 Å². The fourth-order valence-corrected chi connectivity index (χ4v) is 3.95. The third-order valence-electron chi connectivity index (χ3n) is 5.66. The zero-order valence-corrected chi connectivity index (χ0v) is 19.6. The number of hydrogen-bond donors (Lipinski definition) is 2. The quantitative estimate of drug-likeness (QED) is 0.634. The lowest BCUT2D eigenvalue weighted by Crippen LogP contribution is -2.37. The summed E-state index contributed by atoms with van der Waals surface area (Å²) in [5.41, 5.74) is 1.67. The second kappa shape index (κ2) is 11.3. The Morgan fingerprint density at radius 2 is 1.69 bits per heavy atom. The molecule has 0 spiro atoms. The molecule has 0 radical (unpaired) electrons. The first-order valence-electron chi connectivity index (χ1n) is 11.2. The number of H-pyrrole nitrogens is 1. The van der Waals surface area contributed by atoms with Crippen LogP contribution >= 0.6 is 0 Å². The minimum absolute atomic E-state index is 0.176. The molecule has 2 aliphatic heterocycles. The van der Waals surface area contributed by atoms with E-state index in [1.54, 1.807) is 4.90 Å². The zero-order valence-electron chi connectivity index (χ0n) is 19.6. The summed E-state index contributed by atoms with van der Waals surface area (Å²) in [5.74, 6) is -0.821. The molecule has 4 rings (SSSR count). The van der Waals surface area contributed by atoms with E-state index in [4.69, 9.17) is 23.7 Å². The van der Waals surface area contributed by atoms with Gasteiger partial charge in [-0.05, 0) is 24.3 Å². The van der Waals surface area contributed by atoms with Gasteiger partial charge in [0.25, 0.3) is 11.8 Å². The number of rotatable bonds is 4. The van der Waals surface area contributed by atoms with Crippen molar-refractivity contribution in [2.45, 2.75) is 0 Å². The van der Waals surface area contributed by atoms with E-state index in [2.05, 4.69) is 10.3 Å². The van der Waals surface area contributed by atoms with Gasteiger partial charge in [-0.1, -0.05) is 0 Å². The summed E-state index contributed by atoms with van der Waals surface area (Å²) < 4.78 is 41.4. The molecule has 10 nitrogen and oxygen atoms in total. The van der Waals surface area contributed by atoms with Gasteiger partial charge in [-0.25, -0.2) is 4.39 Å². The van der Waals surface area contributed by atoms with E-state index in [1.165, 1.54) is 38.5 Å². The Hall–Kier alpha value is -3.41. The van der Waals surface area contributed by atoms with Gasteiger partial charge in [0, 0.05) is 24.3 Å². The zero-order chi connectivity index (χ0) is 24.8. The first kappa shape index (κ1) is 24.7. The van der Waals surface area contributed by atoms with Gasteiger partial charge in [0.05, 0.1) is 65.1 Å². The van der Waals surface area contributed by atoms with Crippen molar-refractivity contribution in [3.05, 3.63) is 40.8 Å². The molecule has 1 aromatic carbocycles. The first-order valence-corrected chi connectivity index (χ1v) is 11.2. The molecule has 3 heterocycles. The molecule has 0 saturated carbocycles. The van der Waals surface area contributed by atoms with Gasteiger partial charge >= 0.3 is 0 Å². The van der Waals surface area contributed by atoms with E-state index < -0.39 is 11.7 Å². The van der Waals surface area contributed by atoms with Crippen molar-refractivity contribution in [1.82, 2.24) is 9.88 Å². The van der Waals surface area contributed by atoms with Crippen molar-refractivity contribution in [3.63, 3.8) is 0 Å². The predicted octanol–water partition coefficient (Wildman–Crippen LogP) is 2.17. The smallest absolute Gasteiger partial charge is 0.263 e. The molecule has 2 N–H and O–H groups in total. The Morgan fingerprint density at radius 1 is 1.03 bits per heavy atom. The third kappa shape index (κ3) is 5.47. The van der Waals surface area contributed by atoms with Crippen LogP contribution in [0.4, 0.5) is 10.1 Å². The Balaban J connectivity index is 1.66. The van der Waals surface area contributed by atoms with E-state index in [0.717, 1.165) is 0 Å². The molecule has 1 aromatic heterocycles. The Bertz CT molecular complexity index is 1100. The van der Waals surface area contributed by atoms with Gasteiger partial charge in [0.15, 0.2) is 5.75 Å². The van der Waals surface area contributed by atoms with Gasteiger partial charge in [0.1, 0.15) is 11.4 Å². The maximum atomic E-state index is 13.8. The normalized spacial score (nSPS) is 18.4. The fraction of sp³-hybridized carbons (Fsp3) is 0.417. The highest BCUT2D eigenvalue weighted by Crippen LogP contribution is 2.39. The van der Waals surface area contributed by atoms with Crippen molar-refractivity contribution in [3.8, 4) is 11.6 Å². The lowest BCUT2D eigenvalue weighted by molar-refractivity contribution is -0.110. The van der Waals surface area contributed by atoms with Gasteiger partial charge < -0.3 is 38.9 Å². The largest absolute Gasteiger partial charge is 0.494 e. The van der Waals surface area contributed by atoms with Crippen LogP contribution in [0.1, 0.15) is 21.6 Å². The summed E-state index contributed by atoms with van der Waals surface area (Å²) in [6.45, 7) is 3.04. The molecule has 0 atom stereocenters. The van der Waals surface area contributed by atoms with E-state index in [9.17, 15) is 14.0 Å². The number of anilines is 1. The summed E-state index contributed by atoms with van der Waals surface area (Å²) in [5, 5.41) is 2.70. The first-order chi connectivity index (χ1) is 17.0. The molecule has 0 unspecified atom stereocenters. The summed E-state index contributed by atoms with van der Waals surface area (Å²) in [7, 11) is 2.85. The van der Waals surface area contributed by atoms with Crippen LogP contribution in [0, 0.1) is 5.82 Å². The number of benzene rings is 1. The number of nitrogens with one attached hydrogen (secondary N) is 2. The van der Waals surface area contributed by atoms with E-state index in [0.29, 0.717) is 69.7 Å². The van der Waals surface area contributed by atoms with Crippen LogP contribution in [-0.2, 0) is 19.0 Å². The number of fused-ring (bicyclic) bond motifs is 1. The molecule has 35 heavy (non-hydrogen) atoms. The number of amides is 2. The average Bonchev–Trinajstić information content (AvgIpc) is 3.35. The monoisotopic (exact) mass is 489 g/mol. The summed E-state index contributed by atoms with van der Waals surface area (Å²) in [6.07, 6.45) is 1.52. The predicted molar refractivity (Wildman–Crippen MR) is 125 cm³/mol. The molecule has 0 bridgehead atoms. The van der Waals surface area contributed by atoms with Crippen molar-refractivity contribution in [1.29, 1.82) is 0 Å². The van der Waals surface area contributed by atoms with Crippen LogP contribution in [0.15, 0.2) is 18.2 Å². The van der Waals surface area contributed by atoms with Crippen molar-refractivity contribution in [2.75, 3.05) is 72.3 Å². The Kier molecular flexibility index (Phi) is 8.01. The van der Waals surface area contributed by atoms with Gasteiger partial charge in [-0.2, -0.15) is 0 Å². The molecular formula is C24H28FN3O7. The van der Waals surface area contributed by atoms with Crippen molar-refractivity contribution in [2.24, 2.45) is 0 Å². The number of halogens is 1. The number of carbonyl (C=O) groups is 2. The number of hydrogen-bond acceptors (Lipinski definition) is 7. The van der Waals surface area contributed by atoms with E-state index in [-0.39, 0.29) is 28.7 Å². The van der Waals surface area contributed by atoms with Crippen molar-refractivity contribution >= 4 is 29.2 Å². The van der Waals surface area contributed by atoms with Gasteiger partial charge in [0.2, 0.25) is 5.88 Å². The number of nitrogens with zero attached hydrogens (tertiary/aromatic N) is 1. The van der Waals surface area contributed by atoms with Crippen molar-refractivity contribution < 1.29 is 37.7 Å². The van der Waals surface area contributed by atoms with E-state index in [1.807, 2.05) is 0 Å². The van der Waals surface area contributed by atoms with Crippen LogP contribution in [0.5, 0.6) is 11.6 Å². The number of aromatic nitrogens is 1. The highest BCUT2D eigenvalue weighted by atomic mass is 19.1. The molecule has 1 saturated heterocycles. The SMILES string of the molecule is COc1[nH]c(/C=C2\C(=O)Nc3ccc(F)cc32)c(OC)c1C(=O)N1CCOCCOCCOCC1. The maximum Gasteiger partial charge on any atom is 0.263 e. The Labute approximate surface area is 201 Å². The number of carbonyl (C=O) groups excluding carboxylic acids is 2. The Morgan fingerprint density at radius 3 is 2.31 bits per heavy atom.